The van der Waals surface area contributed by atoms with E-state index in [9.17, 15) is 0 Å². The molecule has 0 radical (unpaired) electrons. The number of aliphatic hydroxyl groups excluding tert-OH is 1. The molecule has 1 heterocycles. The van der Waals surface area contributed by atoms with Crippen LogP contribution in [0.5, 0.6) is 0 Å². The molecule has 1 rings (SSSR count). The third-order valence-corrected chi connectivity index (χ3v) is 3.90. The molecule has 6 heteroatoms. The number of thioether (sulfide) groups is 1. The second kappa shape index (κ2) is 7.03. The van der Waals surface area contributed by atoms with Crippen molar-refractivity contribution in [3.63, 3.8) is 0 Å². The summed E-state index contributed by atoms with van der Waals surface area (Å²) in [5.74, 6) is 0.861. The number of rotatable bonds is 7. The second-order valence-electron chi connectivity index (χ2n) is 3.21. The van der Waals surface area contributed by atoms with Crippen molar-refractivity contribution >= 4 is 28.3 Å². The standard InChI is InChI=1S/C9H17N3OS2/c1-3-10-9-8(11-12-15-9)6-14-7(2)4-5-13/h7,10,13H,3-6H2,1-2H3. The van der Waals surface area contributed by atoms with Gasteiger partial charge in [0, 0.05) is 35.7 Å². The summed E-state index contributed by atoms with van der Waals surface area (Å²) in [6, 6.07) is 0. The molecule has 0 aliphatic heterocycles. The summed E-state index contributed by atoms with van der Waals surface area (Å²) in [6.07, 6.45) is 0.832. The van der Waals surface area contributed by atoms with Crippen LogP contribution < -0.4 is 5.32 Å². The SMILES string of the molecule is CCNc1snnc1CSC(C)CCO. The molecule has 0 spiro atoms. The summed E-state index contributed by atoms with van der Waals surface area (Å²) in [7, 11) is 0. The van der Waals surface area contributed by atoms with Crippen molar-refractivity contribution in [2.24, 2.45) is 0 Å². The van der Waals surface area contributed by atoms with Crippen LogP contribution >= 0.6 is 23.3 Å². The molecule has 0 aromatic carbocycles. The molecule has 2 N–H and O–H groups in total. The molecule has 86 valence electrons. The molecule has 1 aromatic rings. The van der Waals surface area contributed by atoms with Crippen molar-refractivity contribution < 1.29 is 5.11 Å². The zero-order valence-electron chi connectivity index (χ0n) is 9.06. The van der Waals surface area contributed by atoms with Crippen LogP contribution in [-0.2, 0) is 5.75 Å². The third kappa shape index (κ3) is 4.36. The van der Waals surface area contributed by atoms with Crippen LogP contribution in [0, 0.1) is 0 Å². The van der Waals surface area contributed by atoms with Crippen LogP contribution in [0.3, 0.4) is 0 Å². The lowest BCUT2D eigenvalue weighted by Crippen LogP contribution is -2.02. The van der Waals surface area contributed by atoms with Gasteiger partial charge >= 0.3 is 0 Å². The van der Waals surface area contributed by atoms with Crippen molar-refractivity contribution in [2.45, 2.75) is 31.3 Å². The minimum Gasteiger partial charge on any atom is -0.396 e. The first kappa shape index (κ1) is 12.7. The Morgan fingerprint density at radius 2 is 2.40 bits per heavy atom. The molecule has 0 aliphatic carbocycles. The van der Waals surface area contributed by atoms with Gasteiger partial charge in [0.2, 0.25) is 0 Å². The van der Waals surface area contributed by atoms with Crippen molar-refractivity contribution in [2.75, 3.05) is 18.5 Å². The van der Waals surface area contributed by atoms with Gasteiger partial charge < -0.3 is 10.4 Å². The normalized spacial score (nSPS) is 12.7. The first-order chi connectivity index (χ1) is 7.27. The van der Waals surface area contributed by atoms with Gasteiger partial charge in [0.1, 0.15) is 10.7 Å². The lowest BCUT2D eigenvalue weighted by molar-refractivity contribution is 0.289. The van der Waals surface area contributed by atoms with E-state index in [1.165, 1.54) is 11.5 Å². The molecule has 0 saturated heterocycles. The van der Waals surface area contributed by atoms with Gasteiger partial charge in [0.25, 0.3) is 0 Å². The maximum Gasteiger partial charge on any atom is 0.134 e. The number of aromatic nitrogens is 2. The lowest BCUT2D eigenvalue weighted by atomic mass is 10.3. The molecule has 1 unspecified atom stereocenters. The number of nitrogens with zero attached hydrogens (tertiary/aromatic N) is 2. The molecule has 0 saturated carbocycles. The van der Waals surface area contributed by atoms with Crippen LogP contribution in [0.15, 0.2) is 0 Å². The third-order valence-electron chi connectivity index (χ3n) is 1.93. The lowest BCUT2D eigenvalue weighted by Gasteiger charge is -2.08. The van der Waals surface area contributed by atoms with Crippen molar-refractivity contribution in [1.29, 1.82) is 0 Å². The molecular weight excluding hydrogens is 230 g/mol. The van der Waals surface area contributed by atoms with E-state index in [-0.39, 0.29) is 6.61 Å². The largest absolute Gasteiger partial charge is 0.396 e. The zero-order chi connectivity index (χ0) is 11.1. The summed E-state index contributed by atoms with van der Waals surface area (Å²) in [5, 5.41) is 17.6. The fraction of sp³-hybridized carbons (Fsp3) is 0.778. The van der Waals surface area contributed by atoms with Gasteiger partial charge in [-0.05, 0) is 13.3 Å². The fourth-order valence-electron chi connectivity index (χ4n) is 1.08. The summed E-state index contributed by atoms with van der Waals surface area (Å²) in [4.78, 5) is 0. The highest BCUT2D eigenvalue weighted by Crippen LogP contribution is 2.25. The van der Waals surface area contributed by atoms with E-state index in [0.717, 1.165) is 29.4 Å². The molecule has 0 fully saturated rings. The van der Waals surface area contributed by atoms with Gasteiger partial charge in [-0.15, -0.1) is 5.10 Å². The van der Waals surface area contributed by atoms with Crippen molar-refractivity contribution in [1.82, 2.24) is 9.59 Å². The van der Waals surface area contributed by atoms with E-state index in [1.807, 2.05) is 0 Å². The predicted octanol–water partition coefficient (Wildman–Crippen LogP) is 1.97. The van der Waals surface area contributed by atoms with Gasteiger partial charge in [-0.25, -0.2) is 0 Å². The van der Waals surface area contributed by atoms with E-state index in [1.54, 1.807) is 11.8 Å². The second-order valence-corrected chi connectivity index (χ2v) is 5.39. The highest BCUT2D eigenvalue weighted by atomic mass is 32.2. The first-order valence-electron chi connectivity index (χ1n) is 5.05. The Labute approximate surface area is 98.6 Å². The molecule has 15 heavy (non-hydrogen) atoms. The van der Waals surface area contributed by atoms with Gasteiger partial charge in [-0.2, -0.15) is 11.8 Å². The Hall–Kier alpha value is -0.330. The Kier molecular flexibility index (Phi) is 5.97. The molecule has 1 atom stereocenters. The first-order valence-corrected chi connectivity index (χ1v) is 6.87. The maximum absolute atomic E-state index is 8.78. The van der Waals surface area contributed by atoms with E-state index in [0.29, 0.717) is 5.25 Å². The van der Waals surface area contributed by atoms with Crippen LogP contribution in [0.1, 0.15) is 26.0 Å². The van der Waals surface area contributed by atoms with Crippen LogP contribution in [-0.4, -0.2) is 33.1 Å². The number of hydrogen-bond acceptors (Lipinski definition) is 6. The van der Waals surface area contributed by atoms with Crippen molar-refractivity contribution in [3.8, 4) is 0 Å². The van der Waals surface area contributed by atoms with Crippen LogP contribution in [0.2, 0.25) is 0 Å². The summed E-state index contributed by atoms with van der Waals surface area (Å²) in [5.41, 5.74) is 1.02. The summed E-state index contributed by atoms with van der Waals surface area (Å²) >= 11 is 3.21. The molecule has 0 aliphatic rings. The number of nitrogens with one attached hydrogen (secondary N) is 1. The minimum absolute atomic E-state index is 0.254. The Morgan fingerprint density at radius 3 is 3.07 bits per heavy atom. The van der Waals surface area contributed by atoms with Gasteiger partial charge in [-0.3, -0.25) is 0 Å². The maximum atomic E-state index is 8.78. The Bertz CT molecular complexity index is 280. The minimum atomic E-state index is 0.254. The van der Waals surface area contributed by atoms with E-state index in [2.05, 4.69) is 28.8 Å². The highest BCUT2D eigenvalue weighted by molar-refractivity contribution is 7.99. The highest BCUT2D eigenvalue weighted by Gasteiger charge is 2.09. The molecular formula is C9H17N3OS2. The van der Waals surface area contributed by atoms with Crippen LogP contribution in [0.4, 0.5) is 5.00 Å². The topological polar surface area (TPSA) is 58.0 Å². The fourth-order valence-corrected chi connectivity index (χ4v) is 2.74. The molecule has 1 aromatic heterocycles. The van der Waals surface area contributed by atoms with Gasteiger partial charge in [0.15, 0.2) is 0 Å². The summed E-state index contributed by atoms with van der Waals surface area (Å²) in [6.45, 7) is 5.33. The van der Waals surface area contributed by atoms with Gasteiger partial charge in [-0.1, -0.05) is 11.4 Å². The quantitative estimate of drug-likeness (QED) is 0.771. The molecule has 4 nitrogen and oxygen atoms in total. The zero-order valence-corrected chi connectivity index (χ0v) is 10.7. The van der Waals surface area contributed by atoms with E-state index in [4.69, 9.17) is 5.11 Å². The number of aliphatic hydroxyl groups is 1. The van der Waals surface area contributed by atoms with E-state index >= 15 is 0 Å². The van der Waals surface area contributed by atoms with Crippen molar-refractivity contribution in [3.05, 3.63) is 5.69 Å². The summed E-state index contributed by atoms with van der Waals surface area (Å²) < 4.78 is 3.93. The van der Waals surface area contributed by atoms with Crippen LogP contribution in [0.25, 0.3) is 0 Å². The average Bonchev–Trinajstić information content (AvgIpc) is 2.64. The predicted molar refractivity (Wildman–Crippen MR) is 66.5 cm³/mol. The Morgan fingerprint density at radius 1 is 1.60 bits per heavy atom. The van der Waals surface area contributed by atoms with E-state index < -0.39 is 0 Å². The average molecular weight is 247 g/mol. The number of anilines is 1. The smallest absolute Gasteiger partial charge is 0.134 e. The monoisotopic (exact) mass is 247 g/mol. The molecule has 0 bridgehead atoms. The number of hydrogen-bond donors (Lipinski definition) is 2. The van der Waals surface area contributed by atoms with Gasteiger partial charge in [0.05, 0.1) is 0 Å². The molecule has 0 amide bonds. The Balaban J connectivity index is 2.39.